The van der Waals surface area contributed by atoms with Crippen LogP contribution in [0.5, 0.6) is 0 Å². The molecule has 1 fully saturated rings. The zero-order valence-electron chi connectivity index (χ0n) is 16.2. The fourth-order valence-electron chi connectivity index (χ4n) is 3.56. The van der Waals surface area contributed by atoms with Gasteiger partial charge in [-0.1, -0.05) is 35.9 Å². The third-order valence-corrected chi connectivity index (χ3v) is 5.50. The third-order valence-electron chi connectivity index (χ3n) is 5.17. The molecule has 148 valence electrons. The number of carbonyl (C=O) groups is 2. The monoisotopic (exact) mass is 400 g/mol. The number of likely N-dealkylation sites (tertiary alicyclic amines) is 1. The molecule has 1 unspecified atom stereocenters. The molecule has 0 bridgehead atoms. The highest BCUT2D eigenvalue weighted by molar-refractivity contribution is 6.33. The number of carbonyl (C=O) groups excluding carboxylic acids is 2. The molecule has 0 aromatic heterocycles. The number of nitrogens with zero attached hydrogens (tertiary/aromatic N) is 1. The molecule has 28 heavy (non-hydrogen) atoms. The molecule has 1 atom stereocenters. The Balaban J connectivity index is 1.64. The zero-order valence-corrected chi connectivity index (χ0v) is 17.0. The van der Waals surface area contributed by atoms with Gasteiger partial charge in [0.05, 0.1) is 23.6 Å². The maximum absolute atomic E-state index is 12.8. The fraction of sp³-hybridized carbons (Fsp3) is 0.364. The number of piperidine rings is 1. The van der Waals surface area contributed by atoms with E-state index in [0.717, 1.165) is 32.5 Å². The van der Waals surface area contributed by atoms with E-state index in [-0.39, 0.29) is 17.4 Å². The number of hydrogen-bond acceptors (Lipinski definition) is 4. The fourth-order valence-corrected chi connectivity index (χ4v) is 3.75. The van der Waals surface area contributed by atoms with Gasteiger partial charge in [0.25, 0.3) is 0 Å². The first-order valence-corrected chi connectivity index (χ1v) is 9.81. The molecule has 1 aliphatic heterocycles. The maximum atomic E-state index is 12.8. The minimum atomic E-state index is -0.525. The first kappa shape index (κ1) is 20.4. The Hall–Kier alpha value is -2.37. The summed E-state index contributed by atoms with van der Waals surface area (Å²) in [5.41, 5.74) is 3.35. The second kappa shape index (κ2) is 9.22. The molecule has 0 spiro atoms. The number of nitrogens with one attached hydrogen (secondary N) is 1. The second-order valence-corrected chi connectivity index (χ2v) is 7.58. The van der Waals surface area contributed by atoms with E-state index in [4.69, 9.17) is 16.3 Å². The van der Waals surface area contributed by atoms with Crippen molar-refractivity contribution in [2.24, 2.45) is 5.92 Å². The lowest BCUT2D eigenvalue weighted by atomic mass is 9.96. The van der Waals surface area contributed by atoms with Crippen LogP contribution in [0.2, 0.25) is 5.02 Å². The molecule has 6 heteroatoms. The van der Waals surface area contributed by atoms with Crippen LogP contribution in [0.25, 0.3) is 0 Å². The molecular weight excluding hydrogens is 376 g/mol. The summed E-state index contributed by atoms with van der Waals surface area (Å²) in [6.07, 6.45) is 1.84. The van der Waals surface area contributed by atoms with E-state index in [0.29, 0.717) is 10.7 Å². The van der Waals surface area contributed by atoms with Gasteiger partial charge in [0.2, 0.25) is 5.91 Å². The van der Waals surface area contributed by atoms with E-state index in [9.17, 15) is 9.59 Å². The van der Waals surface area contributed by atoms with Gasteiger partial charge in [0.1, 0.15) is 0 Å². The number of amides is 1. The van der Waals surface area contributed by atoms with Crippen molar-refractivity contribution in [1.29, 1.82) is 0 Å². The summed E-state index contributed by atoms with van der Waals surface area (Å²) in [5, 5.41) is 3.22. The van der Waals surface area contributed by atoms with Crippen LogP contribution in [0, 0.1) is 12.8 Å². The standard InChI is InChI=1S/C22H25ClN2O3/c1-15-6-3-4-7-16(15)13-25-11-5-8-17(14-25)21(26)24-18-9-10-20(23)19(12-18)22(27)28-2/h3-4,6-7,9-10,12,17H,5,8,11,13-14H2,1-2H3,(H,24,26). The summed E-state index contributed by atoms with van der Waals surface area (Å²) >= 11 is 6.04. The molecule has 1 saturated heterocycles. The predicted octanol–water partition coefficient (Wildman–Crippen LogP) is 4.29. The molecular formula is C22H25ClN2O3. The number of ether oxygens (including phenoxy) is 1. The van der Waals surface area contributed by atoms with Gasteiger partial charge in [0, 0.05) is 18.8 Å². The number of rotatable bonds is 5. The molecule has 1 heterocycles. The van der Waals surface area contributed by atoms with Crippen molar-refractivity contribution in [2.75, 3.05) is 25.5 Å². The highest BCUT2D eigenvalue weighted by Gasteiger charge is 2.26. The largest absolute Gasteiger partial charge is 0.465 e. The van der Waals surface area contributed by atoms with Gasteiger partial charge in [-0.3, -0.25) is 9.69 Å². The van der Waals surface area contributed by atoms with Crippen molar-refractivity contribution in [3.8, 4) is 0 Å². The minimum Gasteiger partial charge on any atom is -0.465 e. The van der Waals surface area contributed by atoms with Crippen LogP contribution in [0.15, 0.2) is 42.5 Å². The lowest BCUT2D eigenvalue weighted by Gasteiger charge is -2.32. The van der Waals surface area contributed by atoms with Crippen LogP contribution in [0.3, 0.4) is 0 Å². The van der Waals surface area contributed by atoms with Gasteiger partial charge in [-0.15, -0.1) is 0 Å². The van der Waals surface area contributed by atoms with E-state index in [2.05, 4.69) is 35.3 Å². The summed E-state index contributed by atoms with van der Waals surface area (Å²) in [6, 6.07) is 13.2. The Labute approximate surface area is 170 Å². The van der Waals surface area contributed by atoms with Gasteiger partial charge >= 0.3 is 5.97 Å². The molecule has 0 saturated carbocycles. The highest BCUT2D eigenvalue weighted by atomic mass is 35.5. The third kappa shape index (κ3) is 4.91. The Morgan fingerprint density at radius 2 is 2.04 bits per heavy atom. The second-order valence-electron chi connectivity index (χ2n) is 7.18. The Bertz CT molecular complexity index is 869. The van der Waals surface area contributed by atoms with Crippen LogP contribution in [0.1, 0.15) is 34.3 Å². The summed E-state index contributed by atoms with van der Waals surface area (Å²) < 4.78 is 4.73. The quantitative estimate of drug-likeness (QED) is 0.761. The number of aryl methyl sites for hydroxylation is 1. The molecule has 2 aromatic rings. The molecule has 1 N–H and O–H groups in total. The Morgan fingerprint density at radius 3 is 2.79 bits per heavy atom. The van der Waals surface area contributed by atoms with Crippen molar-refractivity contribution in [1.82, 2.24) is 4.90 Å². The smallest absolute Gasteiger partial charge is 0.339 e. The van der Waals surface area contributed by atoms with Gasteiger partial charge < -0.3 is 10.1 Å². The van der Waals surface area contributed by atoms with Crippen LogP contribution >= 0.6 is 11.6 Å². The van der Waals surface area contributed by atoms with Gasteiger partial charge in [-0.25, -0.2) is 4.79 Å². The number of esters is 1. The maximum Gasteiger partial charge on any atom is 0.339 e. The molecule has 0 aliphatic carbocycles. The van der Waals surface area contributed by atoms with Crippen LogP contribution in [-0.2, 0) is 16.1 Å². The van der Waals surface area contributed by atoms with E-state index < -0.39 is 5.97 Å². The topological polar surface area (TPSA) is 58.6 Å². The lowest BCUT2D eigenvalue weighted by Crippen LogP contribution is -2.40. The molecule has 0 radical (unpaired) electrons. The van der Waals surface area contributed by atoms with Crippen LogP contribution < -0.4 is 5.32 Å². The van der Waals surface area contributed by atoms with Crippen molar-refractivity contribution < 1.29 is 14.3 Å². The predicted molar refractivity (Wildman–Crippen MR) is 111 cm³/mol. The molecule has 2 aromatic carbocycles. The van der Waals surface area contributed by atoms with Crippen molar-refractivity contribution >= 4 is 29.2 Å². The lowest BCUT2D eigenvalue weighted by molar-refractivity contribution is -0.121. The summed E-state index contributed by atoms with van der Waals surface area (Å²) in [7, 11) is 1.30. The average Bonchev–Trinajstić information content (AvgIpc) is 2.71. The summed E-state index contributed by atoms with van der Waals surface area (Å²) in [5.74, 6) is -0.647. The molecule has 3 rings (SSSR count). The zero-order chi connectivity index (χ0) is 20.1. The molecule has 5 nitrogen and oxygen atoms in total. The Kier molecular flexibility index (Phi) is 6.70. The summed E-state index contributed by atoms with van der Waals surface area (Å²) in [6.45, 7) is 4.68. The molecule has 1 amide bonds. The minimum absolute atomic E-state index is 0.0346. The normalized spacial score (nSPS) is 17.2. The summed E-state index contributed by atoms with van der Waals surface area (Å²) in [4.78, 5) is 26.9. The van der Waals surface area contributed by atoms with E-state index in [1.165, 1.54) is 18.2 Å². The van der Waals surface area contributed by atoms with E-state index in [1.54, 1.807) is 18.2 Å². The van der Waals surface area contributed by atoms with Gasteiger partial charge in [-0.2, -0.15) is 0 Å². The number of methoxy groups -OCH3 is 1. The van der Waals surface area contributed by atoms with E-state index in [1.807, 2.05) is 6.07 Å². The Morgan fingerprint density at radius 1 is 1.25 bits per heavy atom. The first-order chi connectivity index (χ1) is 13.5. The number of benzene rings is 2. The average molecular weight is 401 g/mol. The number of halogens is 1. The van der Waals surface area contributed by atoms with Crippen molar-refractivity contribution in [3.63, 3.8) is 0 Å². The van der Waals surface area contributed by atoms with Crippen molar-refractivity contribution in [3.05, 3.63) is 64.2 Å². The van der Waals surface area contributed by atoms with Crippen molar-refractivity contribution in [2.45, 2.75) is 26.3 Å². The van der Waals surface area contributed by atoms with Gasteiger partial charge in [0.15, 0.2) is 0 Å². The molecule has 1 aliphatic rings. The number of anilines is 1. The van der Waals surface area contributed by atoms with E-state index >= 15 is 0 Å². The first-order valence-electron chi connectivity index (χ1n) is 9.43. The van der Waals surface area contributed by atoms with Crippen LogP contribution in [0.4, 0.5) is 5.69 Å². The SMILES string of the molecule is COC(=O)c1cc(NC(=O)C2CCCN(Cc3ccccc3C)C2)ccc1Cl. The number of hydrogen-bond donors (Lipinski definition) is 1. The highest BCUT2D eigenvalue weighted by Crippen LogP contribution is 2.24. The van der Waals surface area contributed by atoms with Crippen LogP contribution in [-0.4, -0.2) is 37.0 Å². The van der Waals surface area contributed by atoms with Gasteiger partial charge in [-0.05, 0) is 55.6 Å².